The molecule has 0 radical (unpaired) electrons. The molecule has 2 aromatic rings. The summed E-state index contributed by atoms with van der Waals surface area (Å²) in [5, 5.41) is 2.80. The molecule has 0 saturated carbocycles. The van der Waals surface area contributed by atoms with E-state index in [1.54, 1.807) is 12.1 Å². The number of ether oxygens (including phenoxy) is 1. The first-order chi connectivity index (χ1) is 13.2. The first-order valence-corrected chi connectivity index (χ1v) is 8.70. The average molecular weight is 415 g/mol. The molecule has 9 heteroatoms. The van der Waals surface area contributed by atoms with Crippen LogP contribution in [0.25, 0.3) is 0 Å². The molecular formula is C19H15ClF4N2O2. The molecule has 1 heterocycles. The number of anilines is 1. The van der Waals surface area contributed by atoms with E-state index in [4.69, 9.17) is 11.6 Å². The molecule has 1 aromatic carbocycles. The van der Waals surface area contributed by atoms with E-state index in [0.29, 0.717) is 11.3 Å². The SMILES string of the molecule is O=C(Nc1ccc(OC(F)(F)F)cc1)C1=CCC(F)(c2ncccc2Cl)CC1. The first kappa shape index (κ1) is 20.1. The molecule has 28 heavy (non-hydrogen) atoms. The minimum Gasteiger partial charge on any atom is -0.406 e. The van der Waals surface area contributed by atoms with Gasteiger partial charge < -0.3 is 10.1 Å². The third-order valence-corrected chi connectivity index (χ3v) is 4.59. The molecule has 1 aliphatic rings. The lowest BCUT2D eigenvalue weighted by molar-refractivity contribution is -0.274. The molecule has 148 valence electrons. The summed E-state index contributed by atoms with van der Waals surface area (Å²) in [5.74, 6) is -0.838. The number of nitrogens with zero attached hydrogens (tertiary/aromatic N) is 1. The number of nitrogens with one attached hydrogen (secondary N) is 1. The monoisotopic (exact) mass is 414 g/mol. The second kappa shape index (κ2) is 7.79. The summed E-state index contributed by atoms with van der Waals surface area (Å²) in [4.78, 5) is 16.4. The van der Waals surface area contributed by atoms with Gasteiger partial charge in [0.05, 0.1) is 10.7 Å². The van der Waals surface area contributed by atoms with Gasteiger partial charge in [0.15, 0.2) is 5.67 Å². The van der Waals surface area contributed by atoms with Gasteiger partial charge in [-0.05, 0) is 49.2 Å². The molecule has 0 bridgehead atoms. The highest BCUT2D eigenvalue weighted by Gasteiger charge is 2.38. The number of amides is 1. The fraction of sp³-hybridized carbons (Fsp3) is 0.263. The summed E-state index contributed by atoms with van der Waals surface area (Å²) in [5.41, 5.74) is -0.924. The number of hydrogen-bond donors (Lipinski definition) is 1. The molecule has 3 rings (SSSR count). The van der Waals surface area contributed by atoms with Gasteiger partial charge in [-0.3, -0.25) is 9.78 Å². The van der Waals surface area contributed by atoms with Gasteiger partial charge in [-0.25, -0.2) is 4.39 Å². The van der Waals surface area contributed by atoms with Crippen LogP contribution >= 0.6 is 11.6 Å². The van der Waals surface area contributed by atoms with Crippen LogP contribution < -0.4 is 10.1 Å². The van der Waals surface area contributed by atoms with Gasteiger partial charge in [-0.2, -0.15) is 0 Å². The first-order valence-electron chi connectivity index (χ1n) is 8.32. The Morgan fingerprint density at radius 2 is 1.93 bits per heavy atom. The smallest absolute Gasteiger partial charge is 0.406 e. The van der Waals surface area contributed by atoms with Crippen molar-refractivity contribution in [2.75, 3.05) is 5.32 Å². The van der Waals surface area contributed by atoms with E-state index < -0.39 is 23.7 Å². The van der Waals surface area contributed by atoms with Crippen LogP contribution in [0.2, 0.25) is 5.02 Å². The van der Waals surface area contributed by atoms with Crippen molar-refractivity contribution in [1.29, 1.82) is 0 Å². The summed E-state index contributed by atoms with van der Waals surface area (Å²) in [6, 6.07) is 7.92. The average Bonchev–Trinajstić information content (AvgIpc) is 2.63. The van der Waals surface area contributed by atoms with Crippen molar-refractivity contribution in [3.05, 3.63) is 65.0 Å². The maximum Gasteiger partial charge on any atom is 0.573 e. The number of carbonyl (C=O) groups excluding carboxylic acids is 1. The molecule has 4 nitrogen and oxygen atoms in total. The molecule has 1 aliphatic carbocycles. The van der Waals surface area contributed by atoms with Crippen molar-refractivity contribution >= 4 is 23.2 Å². The van der Waals surface area contributed by atoms with Crippen molar-refractivity contribution in [3.63, 3.8) is 0 Å². The molecule has 1 unspecified atom stereocenters. The highest BCUT2D eigenvalue weighted by molar-refractivity contribution is 6.31. The van der Waals surface area contributed by atoms with Gasteiger partial charge >= 0.3 is 6.36 Å². The van der Waals surface area contributed by atoms with Gasteiger partial charge in [-0.1, -0.05) is 17.7 Å². The number of carbonyl (C=O) groups is 1. The van der Waals surface area contributed by atoms with E-state index >= 15 is 4.39 Å². The molecule has 0 fully saturated rings. The van der Waals surface area contributed by atoms with Crippen LogP contribution in [0.5, 0.6) is 5.75 Å². The van der Waals surface area contributed by atoms with Crippen LogP contribution in [0.1, 0.15) is 25.0 Å². The largest absolute Gasteiger partial charge is 0.573 e. The molecule has 0 spiro atoms. The van der Waals surface area contributed by atoms with E-state index in [1.807, 2.05) is 0 Å². The fourth-order valence-corrected chi connectivity index (χ4v) is 3.20. The summed E-state index contributed by atoms with van der Waals surface area (Å²) >= 11 is 6.02. The maximum absolute atomic E-state index is 15.2. The van der Waals surface area contributed by atoms with Crippen molar-refractivity contribution in [2.45, 2.75) is 31.3 Å². The fourth-order valence-electron chi connectivity index (χ4n) is 2.91. The minimum atomic E-state index is -4.78. The zero-order valence-corrected chi connectivity index (χ0v) is 15.1. The Balaban J connectivity index is 1.65. The van der Waals surface area contributed by atoms with Crippen LogP contribution in [0.15, 0.2) is 54.2 Å². The van der Waals surface area contributed by atoms with E-state index in [0.717, 1.165) is 12.1 Å². The molecule has 1 N–H and O–H groups in total. The highest BCUT2D eigenvalue weighted by atomic mass is 35.5. The highest BCUT2D eigenvalue weighted by Crippen LogP contribution is 2.41. The van der Waals surface area contributed by atoms with E-state index in [9.17, 15) is 18.0 Å². The Morgan fingerprint density at radius 1 is 1.21 bits per heavy atom. The minimum absolute atomic E-state index is 0.0430. The lowest BCUT2D eigenvalue weighted by Crippen LogP contribution is -2.27. The zero-order valence-electron chi connectivity index (χ0n) is 14.4. The summed E-state index contributed by atoms with van der Waals surface area (Å²) < 4.78 is 55.4. The third-order valence-electron chi connectivity index (χ3n) is 4.28. The lowest BCUT2D eigenvalue weighted by atomic mass is 9.84. The summed E-state index contributed by atoms with van der Waals surface area (Å²) in [6.07, 6.45) is -1.67. The zero-order chi connectivity index (χ0) is 20.4. The Morgan fingerprint density at radius 3 is 2.50 bits per heavy atom. The van der Waals surface area contributed by atoms with Gasteiger partial charge in [-0.15, -0.1) is 13.2 Å². The number of rotatable bonds is 4. The van der Waals surface area contributed by atoms with Gasteiger partial charge in [0, 0.05) is 23.9 Å². The molecule has 1 aromatic heterocycles. The third kappa shape index (κ3) is 4.81. The Kier molecular flexibility index (Phi) is 5.60. The summed E-state index contributed by atoms with van der Waals surface area (Å²) in [7, 11) is 0. The Bertz CT molecular complexity index is 900. The summed E-state index contributed by atoms with van der Waals surface area (Å²) in [6.45, 7) is 0. The topological polar surface area (TPSA) is 51.2 Å². The van der Waals surface area contributed by atoms with Crippen LogP contribution in [0.4, 0.5) is 23.2 Å². The van der Waals surface area contributed by atoms with Crippen molar-refractivity contribution < 1.29 is 27.1 Å². The van der Waals surface area contributed by atoms with Crippen molar-refractivity contribution in [2.24, 2.45) is 0 Å². The molecule has 0 aliphatic heterocycles. The molecule has 1 amide bonds. The second-order valence-electron chi connectivity index (χ2n) is 6.26. The van der Waals surface area contributed by atoms with Crippen molar-refractivity contribution in [1.82, 2.24) is 4.98 Å². The predicted octanol–water partition coefficient (Wildman–Crippen LogP) is 5.55. The number of alkyl halides is 4. The second-order valence-corrected chi connectivity index (χ2v) is 6.67. The van der Waals surface area contributed by atoms with Crippen LogP contribution in [0, 0.1) is 0 Å². The number of pyridine rings is 1. The molecule has 1 atom stereocenters. The lowest BCUT2D eigenvalue weighted by Gasteiger charge is -2.28. The normalized spacial score (nSPS) is 19.7. The number of halogens is 5. The molecule has 0 saturated heterocycles. The van der Waals surface area contributed by atoms with E-state index in [2.05, 4.69) is 15.0 Å². The number of allylic oxidation sites excluding steroid dienone is 1. The van der Waals surface area contributed by atoms with Gasteiger partial charge in [0.1, 0.15) is 5.75 Å². The van der Waals surface area contributed by atoms with E-state index in [1.165, 1.54) is 24.4 Å². The van der Waals surface area contributed by atoms with Crippen molar-refractivity contribution in [3.8, 4) is 5.75 Å². The van der Waals surface area contributed by atoms with Crippen LogP contribution in [-0.4, -0.2) is 17.3 Å². The predicted molar refractivity (Wildman–Crippen MR) is 95.7 cm³/mol. The van der Waals surface area contributed by atoms with Crippen LogP contribution in [-0.2, 0) is 10.5 Å². The Labute approximate surface area is 163 Å². The Hall–Kier alpha value is -2.61. The number of benzene rings is 1. The number of hydrogen-bond acceptors (Lipinski definition) is 3. The number of aromatic nitrogens is 1. The van der Waals surface area contributed by atoms with E-state index in [-0.39, 0.29) is 30.0 Å². The van der Waals surface area contributed by atoms with Gasteiger partial charge in [0.2, 0.25) is 0 Å². The quantitative estimate of drug-likeness (QED) is 0.667. The standard InChI is InChI=1S/C19H15ClF4N2O2/c20-15-2-1-11-25-16(15)18(21)9-7-12(8-10-18)17(27)26-13-3-5-14(6-4-13)28-19(22,23)24/h1-7,11H,8-10H2,(H,26,27). The van der Waals surface area contributed by atoms with Crippen LogP contribution in [0.3, 0.4) is 0 Å². The van der Waals surface area contributed by atoms with Gasteiger partial charge in [0.25, 0.3) is 5.91 Å². The maximum atomic E-state index is 15.2. The molecular weight excluding hydrogens is 400 g/mol.